The zero-order valence-electron chi connectivity index (χ0n) is 32.7. The molecule has 17 heteroatoms. The van der Waals surface area contributed by atoms with E-state index >= 15 is 0 Å². The molecule has 0 aromatic heterocycles. The normalized spacial score (nSPS) is 12.4. The van der Waals surface area contributed by atoms with Crippen LogP contribution in [0.2, 0.25) is 0 Å². The maximum absolute atomic E-state index is 13.7. The highest BCUT2D eigenvalue weighted by Crippen LogP contribution is 2.38. The van der Waals surface area contributed by atoms with E-state index in [-0.39, 0.29) is 37.5 Å². The number of aliphatic hydroxyl groups is 1. The van der Waals surface area contributed by atoms with Crippen LogP contribution in [0.3, 0.4) is 0 Å². The maximum Gasteiger partial charge on any atom is 0.251 e. The van der Waals surface area contributed by atoms with Crippen LogP contribution in [0, 0.1) is 0 Å². The predicted octanol–water partition coefficient (Wildman–Crippen LogP) is 1.77. The second-order valence-electron chi connectivity index (χ2n) is 12.7. The quantitative estimate of drug-likeness (QED) is 0.0296. The summed E-state index contributed by atoms with van der Waals surface area (Å²) in [7, 11) is 5.99. The number of aliphatic imine (C=N–C) groups is 1. The lowest BCUT2D eigenvalue weighted by Gasteiger charge is -2.25. The monoisotopic (exact) mass is 790 g/mol. The van der Waals surface area contributed by atoms with Crippen molar-refractivity contribution in [1.82, 2.24) is 16.0 Å². The van der Waals surface area contributed by atoms with E-state index in [0.29, 0.717) is 53.5 Å². The average molecular weight is 791 g/mol. The van der Waals surface area contributed by atoms with Gasteiger partial charge < -0.3 is 62.5 Å². The smallest absolute Gasteiger partial charge is 0.251 e. The molecule has 3 aromatic rings. The first kappa shape index (κ1) is 45.1. The number of rotatable bonds is 23. The third kappa shape index (κ3) is 14.0. The van der Waals surface area contributed by atoms with Gasteiger partial charge in [0.1, 0.15) is 23.9 Å². The number of ether oxygens (including phenoxy) is 4. The van der Waals surface area contributed by atoms with Gasteiger partial charge in [-0.25, -0.2) is 0 Å². The Balaban J connectivity index is 1.81. The largest absolute Gasteiger partial charge is 0.495 e. The minimum Gasteiger partial charge on any atom is -0.495 e. The number of hydrogen-bond donors (Lipinski definition) is 8. The Morgan fingerprint density at radius 2 is 1.30 bits per heavy atom. The molecule has 0 unspecified atom stereocenters. The van der Waals surface area contributed by atoms with Gasteiger partial charge in [0, 0.05) is 12.1 Å². The van der Waals surface area contributed by atoms with Crippen molar-refractivity contribution >= 4 is 47.4 Å². The van der Waals surface area contributed by atoms with E-state index in [2.05, 4.69) is 26.3 Å². The highest BCUT2D eigenvalue weighted by molar-refractivity contribution is 6.01. The molecule has 0 fully saturated rings. The van der Waals surface area contributed by atoms with Crippen LogP contribution < -0.4 is 57.4 Å². The number of nitrogens with one attached hydrogen (secondary N) is 4. The third-order valence-corrected chi connectivity index (χ3v) is 8.64. The van der Waals surface area contributed by atoms with E-state index in [1.165, 1.54) is 28.4 Å². The lowest BCUT2D eigenvalue weighted by molar-refractivity contribution is -0.132. The summed E-state index contributed by atoms with van der Waals surface area (Å²) >= 11 is 0. The Labute approximate surface area is 332 Å². The zero-order chi connectivity index (χ0) is 41.7. The van der Waals surface area contributed by atoms with Crippen LogP contribution in [0.25, 0.3) is 12.2 Å². The molecule has 17 nitrogen and oxygen atoms in total. The number of anilines is 1. The molecule has 0 heterocycles. The van der Waals surface area contributed by atoms with Crippen LogP contribution in [0.4, 0.5) is 5.69 Å². The molecule has 0 bridgehead atoms. The average Bonchev–Trinajstić information content (AvgIpc) is 3.22. The number of aliphatic hydroxyl groups excluding tert-OH is 1. The van der Waals surface area contributed by atoms with Crippen LogP contribution in [-0.2, 0) is 14.4 Å². The van der Waals surface area contributed by atoms with Gasteiger partial charge in [-0.05, 0) is 86.2 Å². The molecule has 3 atom stereocenters. The molecular formula is C40H54N8O9. The summed E-state index contributed by atoms with van der Waals surface area (Å²) in [4.78, 5) is 57.9. The molecule has 0 spiro atoms. The molecular weight excluding hydrogens is 736 g/mol. The van der Waals surface area contributed by atoms with Crippen LogP contribution >= 0.6 is 0 Å². The van der Waals surface area contributed by atoms with Crippen molar-refractivity contribution < 1.29 is 43.2 Å². The molecule has 0 saturated heterocycles. The summed E-state index contributed by atoms with van der Waals surface area (Å²) in [5.41, 5.74) is 18.6. The van der Waals surface area contributed by atoms with Crippen molar-refractivity contribution in [1.29, 1.82) is 0 Å². The van der Waals surface area contributed by atoms with Gasteiger partial charge >= 0.3 is 0 Å². The van der Waals surface area contributed by atoms with Gasteiger partial charge in [0.15, 0.2) is 17.5 Å². The number of nitrogens with zero attached hydrogens (tertiary/aromatic N) is 1. The highest BCUT2D eigenvalue weighted by atomic mass is 16.5. The van der Waals surface area contributed by atoms with E-state index in [9.17, 15) is 24.3 Å². The van der Waals surface area contributed by atoms with Crippen molar-refractivity contribution in [2.24, 2.45) is 22.2 Å². The number of unbranched alkanes of at least 4 members (excludes halogenated alkanes) is 1. The topological polar surface area (TPSA) is 264 Å². The zero-order valence-corrected chi connectivity index (χ0v) is 32.7. The van der Waals surface area contributed by atoms with Crippen LogP contribution in [0.1, 0.15) is 53.6 Å². The van der Waals surface area contributed by atoms with Gasteiger partial charge in [-0.1, -0.05) is 36.4 Å². The molecule has 3 aromatic carbocycles. The summed E-state index contributed by atoms with van der Waals surface area (Å²) in [5, 5.41) is 21.0. The third-order valence-electron chi connectivity index (χ3n) is 8.64. The van der Waals surface area contributed by atoms with E-state index < -0.39 is 48.4 Å². The summed E-state index contributed by atoms with van der Waals surface area (Å²) in [6.07, 6.45) is 5.33. The highest BCUT2D eigenvalue weighted by Gasteiger charge is 2.30. The molecule has 3 rings (SSSR count). The van der Waals surface area contributed by atoms with Crippen molar-refractivity contribution in [3.8, 4) is 23.0 Å². The van der Waals surface area contributed by atoms with Crippen LogP contribution in [0.15, 0.2) is 65.7 Å². The van der Waals surface area contributed by atoms with Gasteiger partial charge in [-0.15, -0.1) is 0 Å². The van der Waals surface area contributed by atoms with E-state index in [0.717, 1.165) is 5.56 Å². The molecule has 308 valence electrons. The Bertz CT molecular complexity index is 1830. The second-order valence-corrected chi connectivity index (χ2v) is 12.7. The first-order chi connectivity index (χ1) is 27.5. The number of amides is 4. The summed E-state index contributed by atoms with van der Waals surface area (Å²) in [6.45, 7) is -0.228. The van der Waals surface area contributed by atoms with E-state index in [4.69, 9.17) is 36.1 Å². The SMILES string of the molecule is COc1ccc(/C=C\c2cc(OC)c(OC)c(OC)c2)cc1NC(=O)[C@H](CO)NC(=O)[C@H](CCCN=C(N)N)NC(=O)[C@H](CCCCN)NC(=O)c1ccccc1. The van der Waals surface area contributed by atoms with Crippen LogP contribution in [-0.4, -0.2) is 101 Å². The number of carbonyl (C=O) groups excluding carboxylic acids is 4. The fourth-order valence-corrected chi connectivity index (χ4v) is 5.64. The minimum atomic E-state index is -1.43. The fourth-order valence-electron chi connectivity index (χ4n) is 5.64. The Kier molecular flexibility index (Phi) is 18.6. The van der Waals surface area contributed by atoms with Crippen molar-refractivity contribution in [2.45, 2.75) is 50.2 Å². The van der Waals surface area contributed by atoms with Crippen LogP contribution in [0.5, 0.6) is 23.0 Å². The lowest BCUT2D eigenvalue weighted by atomic mass is 10.1. The standard InChI is InChI=1S/C40H54N8O9/c1-54-32-18-17-25(15-16-26-22-33(55-2)35(57-4)34(23-26)56-3)21-30(32)47-39(53)31(24-49)48-38(52)29(14-10-20-44-40(42)43)46-37(51)28(13-8-9-19-41)45-36(50)27-11-6-5-7-12-27/h5-7,11-12,15-18,21-23,28-29,31,49H,8-10,13-14,19-20,24,41H2,1-4H3,(H,45,50)(H,46,51)(H,47,53)(H,48,52)(H4,42,43,44)/b16-15-/t28-,29-,31-/m0/s1. The lowest BCUT2D eigenvalue weighted by Crippen LogP contribution is -2.56. The molecule has 0 aliphatic carbocycles. The summed E-state index contributed by atoms with van der Waals surface area (Å²) in [6, 6.07) is 13.4. The first-order valence-corrected chi connectivity index (χ1v) is 18.3. The molecule has 11 N–H and O–H groups in total. The van der Waals surface area contributed by atoms with Gasteiger partial charge in [0.05, 0.1) is 40.7 Å². The summed E-state index contributed by atoms with van der Waals surface area (Å²) in [5.74, 6) is -1.02. The molecule has 0 aliphatic rings. The summed E-state index contributed by atoms with van der Waals surface area (Å²) < 4.78 is 21.7. The van der Waals surface area contributed by atoms with E-state index in [1.54, 1.807) is 66.7 Å². The molecule has 4 amide bonds. The van der Waals surface area contributed by atoms with E-state index in [1.807, 2.05) is 6.08 Å². The number of methoxy groups -OCH3 is 4. The minimum absolute atomic E-state index is 0.0599. The molecule has 0 saturated carbocycles. The van der Waals surface area contributed by atoms with Crippen molar-refractivity contribution in [2.75, 3.05) is 53.5 Å². The number of hydrogen-bond acceptors (Lipinski definition) is 11. The molecule has 0 radical (unpaired) electrons. The van der Waals surface area contributed by atoms with Crippen molar-refractivity contribution in [3.05, 3.63) is 77.4 Å². The number of carbonyl (C=O) groups is 4. The van der Waals surface area contributed by atoms with Crippen molar-refractivity contribution in [3.63, 3.8) is 0 Å². The molecule has 0 aliphatic heterocycles. The van der Waals surface area contributed by atoms with Gasteiger partial charge in [-0.2, -0.15) is 0 Å². The fraction of sp³-hybridized carbons (Fsp3) is 0.375. The Morgan fingerprint density at radius 1 is 0.702 bits per heavy atom. The molecule has 57 heavy (non-hydrogen) atoms. The first-order valence-electron chi connectivity index (χ1n) is 18.3. The predicted molar refractivity (Wildman–Crippen MR) is 218 cm³/mol. The number of guanidine groups is 1. The van der Waals surface area contributed by atoms with Gasteiger partial charge in [-0.3, -0.25) is 24.2 Å². The Hall–Kier alpha value is -6.33. The number of nitrogens with two attached hydrogens (primary N) is 3. The van der Waals surface area contributed by atoms with Gasteiger partial charge in [0.2, 0.25) is 23.5 Å². The number of benzene rings is 3. The maximum atomic E-state index is 13.7. The second kappa shape index (κ2) is 23.6. The van der Waals surface area contributed by atoms with Gasteiger partial charge in [0.25, 0.3) is 5.91 Å². The Morgan fingerprint density at radius 3 is 1.88 bits per heavy atom.